The summed E-state index contributed by atoms with van der Waals surface area (Å²) in [5, 5.41) is 15.9. The van der Waals surface area contributed by atoms with E-state index in [1.165, 1.54) is 6.21 Å². The van der Waals surface area contributed by atoms with Crippen molar-refractivity contribution >= 4 is 44.0 Å². The van der Waals surface area contributed by atoms with E-state index >= 15 is 0 Å². The van der Waals surface area contributed by atoms with Gasteiger partial charge < -0.3 is 14.5 Å². The molecule has 2 aromatic heterocycles. The molecule has 0 unspecified atom stereocenters. The van der Waals surface area contributed by atoms with Gasteiger partial charge in [0.05, 0.1) is 21.6 Å². The fourth-order valence-corrected chi connectivity index (χ4v) is 4.34. The number of hydrogen-bond acceptors (Lipinski definition) is 5. The van der Waals surface area contributed by atoms with Crippen LogP contribution in [0, 0.1) is 0 Å². The number of hydrogen-bond donors (Lipinski definition) is 2. The molecule has 2 heterocycles. The van der Waals surface area contributed by atoms with Crippen LogP contribution in [0.25, 0.3) is 21.9 Å². The molecular weight excluding hydrogens is 438 g/mol. The largest absolute Gasteiger partial charge is 0.506 e. The topological polar surface area (TPSA) is 101 Å². The van der Waals surface area contributed by atoms with Crippen molar-refractivity contribution in [1.82, 2.24) is 9.66 Å². The molecule has 4 aromatic rings. The van der Waals surface area contributed by atoms with E-state index in [0.29, 0.717) is 26.5 Å². The van der Waals surface area contributed by atoms with Crippen LogP contribution < -0.4 is 11.2 Å². The number of para-hydroxylation sites is 1. The van der Waals surface area contributed by atoms with Crippen LogP contribution in [0.5, 0.6) is 5.75 Å². The van der Waals surface area contributed by atoms with E-state index in [-0.39, 0.29) is 5.75 Å². The molecular formula is C21H16BrN3O4. The number of aromatic hydroxyl groups is 1. The Morgan fingerprint density at radius 1 is 1.21 bits per heavy atom. The molecule has 1 aliphatic rings. The lowest BCUT2D eigenvalue weighted by molar-refractivity contribution is 0.471. The number of aryl methyl sites for hydroxylation is 2. The standard InChI is InChI=1S/C21H16BrN3O4/c22-14-9-17-18(12-6-2-4-8-16(12)29-17)13(19(14)26)10-23-25-20(27)11-5-1-3-7-15(11)24-21(25)28/h1,3,5,7,9-10,26H,2,4,6,8H2,(H,24,28). The summed E-state index contributed by atoms with van der Waals surface area (Å²) in [6.45, 7) is 0. The van der Waals surface area contributed by atoms with Crippen molar-refractivity contribution in [3.63, 3.8) is 0 Å². The molecule has 2 N–H and O–H groups in total. The van der Waals surface area contributed by atoms with Crippen molar-refractivity contribution in [2.24, 2.45) is 5.10 Å². The lowest BCUT2D eigenvalue weighted by Gasteiger charge is -2.10. The van der Waals surface area contributed by atoms with E-state index < -0.39 is 11.2 Å². The number of aromatic nitrogens is 2. The first kappa shape index (κ1) is 17.9. The summed E-state index contributed by atoms with van der Waals surface area (Å²) < 4.78 is 7.21. The molecule has 8 heteroatoms. The molecule has 1 aliphatic carbocycles. The lowest BCUT2D eigenvalue weighted by Crippen LogP contribution is -2.32. The molecule has 0 aliphatic heterocycles. The van der Waals surface area contributed by atoms with Gasteiger partial charge in [0.15, 0.2) is 0 Å². The van der Waals surface area contributed by atoms with Crippen LogP contribution in [0.1, 0.15) is 29.7 Å². The highest BCUT2D eigenvalue weighted by molar-refractivity contribution is 9.10. The molecule has 0 spiro atoms. The van der Waals surface area contributed by atoms with Crippen LogP contribution in [0.15, 0.2) is 53.9 Å². The second-order valence-corrected chi connectivity index (χ2v) is 7.90. The SMILES string of the molecule is O=c1[nH]c2ccccc2c(=O)n1N=Cc1c(O)c(Br)cc2oc3c(c12)CCCC3. The number of halogens is 1. The Labute approximate surface area is 172 Å². The molecule has 0 radical (unpaired) electrons. The van der Waals surface area contributed by atoms with Crippen LogP contribution in [-0.2, 0) is 12.8 Å². The van der Waals surface area contributed by atoms with Crippen molar-refractivity contribution < 1.29 is 9.52 Å². The van der Waals surface area contributed by atoms with E-state index in [4.69, 9.17) is 4.42 Å². The zero-order chi connectivity index (χ0) is 20.1. The van der Waals surface area contributed by atoms with Crippen molar-refractivity contribution in [1.29, 1.82) is 0 Å². The van der Waals surface area contributed by atoms with Gasteiger partial charge in [-0.3, -0.25) is 4.79 Å². The highest BCUT2D eigenvalue weighted by Crippen LogP contribution is 2.40. The van der Waals surface area contributed by atoms with E-state index in [1.54, 1.807) is 30.3 Å². The van der Waals surface area contributed by atoms with E-state index in [1.807, 2.05) is 0 Å². The molecule has 29 heavy (non-hydrogen) atoms. The summed E-state index contributed by atoms with van der Waals surface area (Å²) in [6, 6.07) is 8.48. The molecule has 146 valence electrons. The summed E-state index contributed by atoms with van der Waals surface area (Å²) in [7, 11) is 0. The summed E-state index contributed by atoms with van der Waals surface area (Å²) in [6.07, 6.45) is 5.14. The van der Waals surface area contributed by atoms with Crippen molar-refractivity contribution in [2.45, 2.75) is 25.7 Å². The van der Waals surface area contributed by atoms with Gasteiger partial charge in [0.1, 0.15) is 17.1 Å². The van der Waals surface area contributed by atoms with Crippen LogP contribution >= 0.6 is 15.9 Å². The lowest BCUT2D eigenvalue weighted by atomic mass is 9.94. The number of nitrogens with one attached hydrogen (secondary N) is 1. The monoisotopic (exact) mass is 453 g/mol. The first-order valence-corrected chi connectivity index (χ1v) is 10.1. The number of benzene rings is 2. The van der Waals surface area contributed by atoms with Gasteiger partial charge in [-0.25, -0.2) is 4.79 Å². The number of fused-ring (bicyclic) bond motifs is 4. The van der Waals surface area contributed by atoms with Gasteiger partial charge in [-0.05, 0) is 53.4 Å². The third-order valence-electron chi connectivity index (χ3n) is 5.29. The van der Waals surface area contributed by atoms with Gasteiger partial charge in [-0.1, -0.05) is 12.1 Å². The van der Waals surface area contributed by atoms with Gasteiger partial charge >= 0.3 is 5.69 Å². The second-order valence-electron chi connectivity index (χ2n) is 7.04. The van der Waals surface area contributed by atoms with E-state index in [9.17, 15) is 14.7 Å². The van der Waals surface area contributed by atoms with Gasteiger partial charge in [0.2, 0.25) is 0 Å². The Balaban J connectivity index is 1.74. The summed E-state index contributed by atoms with van der Waals surface area (Å²) in [5.41, 5.74) is 1.38. The Kier molecular flexibility index (Phi) is 4.16. The Morgan fingerprint density at radius 3 is 2.86 bits per heavy atom. The van der Waals surface area contributed by atoms with Crippen LogP contribution in [0.2, 0.25) is 0 Å². The first-order chi connectivity index (χ1) is 14.0. The molecule has 0 fully saturated rings. The number of aromatic amines is 1. The summed E-state index contributed by atoms with van der Waals surface area (Å²) >= 11 is 3.34. The number of rotatable bonds is 2. The van der Waals surface area contributed by atoms with Gasteiger partial charge in [-0.2, -0.15) is 5.10 Å². The minimum absolute atomic E-state index is 0.0132. The zero-order valence-electron chi connectivity index (χ0n) is 15.2. The first-order valence-electron chi connectivity index (χ1n) is 9.28. The van der Waals surface area contributed by atoms with Crippen molar-refractivity contribution in [2.75, 3.05) is 0 Å². The van der Waals surface area contributed by atoms with Crippen LogP contribution in [0.4, 0.5) is 0 Å². The van der Waals surface area contributed by atoms with E-state index in [2.05, 4.69) is 26.0 Å². The maximum Gasteiger partial charge on any atom is 0.349 e. The maximum atomic E-state index is 12.7. The fraction of sp³-hybridized carbons (Fsp3) is 0.190. The van der Waals surface area contributed by atoms with E-state index in [0.717, 1.165) is 47.1 Å². The molecule has 5 rings (SSSR count). The fourth-order valence-electron chi connectivity index (χ4n) is 3.91. The van der Waals surface area contributed by atoms with Crippen molar-refractivity contribution in [3.8, 4) is 5.75 Å². The molecule has 7 nitrogen and oxygen atoms in total. The molecule has 0 atom stereocenters. The Hall–Kier alpha value is -3.13. The maximum absolute atomic E-state index is 12.7. The van der Waals surface area contributed by atoms with Gasteiger partial charge in [0.25, 0.3) is 5.56 Å². The number of furan rings is 1. The number of nitrogens with zero attached hydrogens (tertiary/aromatic N) is 2. The number of H-pyrrole nitrogens is 1. The molecule has 2 aromatic carbocycles. The molecule has 0 bridgehead atoms. The number of phenols is 1. The predicted molar refractivity (Wildman–Crippen MR) is 114 cm³/mol. The predicted octanol–water partition coefficient (Wildman–Crippen LogP) is 3.67. The van der Waals surface area contributed by atoms with Gasteiger partial charge in [0, 0.05) is 22.9 Å². The molecule has 0 amide bonds. The highest BCUT2D eigenvalue weighted by atomic mass is 79.9. The van der Waals surface area contributed by atoms with Gasteiger partial charge in [-0.15, -0.1) is 4.68 Å². The average Bonchev–Trinajstić information content (AvgIpc) is 3.08. The number of phenolic OH excluding ortho intramolecular Hbond substituents is 1. The Bertz CT molecular complexity index is 1430. The third-order valence-corrected chi connectivity index (χ3v) is 5.90. The zero-order valence-corrected chi connectivity index (χ0v) is 16.8. The molecule has 0 saturated carbocycles. The van der Waals surface area contributed by atoms with Crippen LogP contribution in [-0.4, -0.2) is 21.0 Å². The minimum Gasteiger partial charge on any atom is -0.506 e. The van der Waals surface area contributed by atoms with Crippen LogP contribution in [0.3, 0.4) is 0 Å². The smallest absolute Gasteiger partial charge is 0.349 e. The highest BCUT2D eigenvalue weighted by Gasteiger charge is 2.23. The quantitative estimate of drug-likeness (QED) is 0.452. The summed E-state index contributed by atoms with van der Waals surface area (Å²) in [5.74, 6) is 0.903. The van der Waals surface area contributed by atoms with Crippen molar-refractivity contribution in [3.05, 3.63) is 72.5 Å². The second kappa shape index (κ2) is 6.73. The summed E-state index contributed by atoms with van der Waals surface area (Å²) in [4.78, 5) is 27.7. The molecule has 0 saturated heterocycles. The minimum atomic E-state index is -0.648. The average molecular weight is 454 g/mol. The normalized spacial score (nSPS) is 14.1. The Morgan fingerprint density at radius 2 is 2.00 bits per heavy atom. The third kappa shape index (κ3) is 2.82.